The van der Waals surface area contributed by atoms with Crippen LogP contribution >= 0.6 is 11.8 Å². The molecular weight excluding hydrogens is 386 g/mol. The lowest BCUT2D eigenvalue weighted by molar-refractivity contribution is -0.484. The van der Waals surface area contributed by atoms with Crippen LogP contribution in [0.1, 0.15) is 23.6 Å². The molecule has 0 aromatic heterocycles. The van der Waals surface area contributed by atoms with Gasteiger partial charge < -0.3 is 4.74 Å². The van der Waals surface area contributed by atoms with Gasteiger partial charge in [-0.2, -0.15) is 0 Å². The maximum absolute atomic E-state index is 13.1. The molecule has 6 heteroatoms. The van der Waals surface area contributed by atoms with Crippen LogP contribution in [0.5, 0.6) is 0 Å². The lowest BCUT2D eigenvalue weighted by Crippen LogP contribution is -2.41. The third kappa shape index (κ3) is 4.59. The summed E-state index contributed by atoms with van der Waals surface area (Å²) in [6.07, 6.45) is 0. The second-order valence-electron chi connectivity index (χ2n) is 7.03. The number of carbonyl (C=O) groups excluding carboxylic acids is 1. The molecule has 0 bridgehead atoms. The van der Waals surface area contributed by atoms with Crippen LogP contribution in [0.15, 0.2) is 65.6 Å². The monoisotopic (exact) mass is 409 g/mol. The molecule has 0 N–H and O–H groups in total. The van der Waals surface area contributed by atoms with Gasteiger partial charge in [-0.25, -0.2) is 4.79 Å². The van der Waals surface area contributed by atoms with E-state index in [0.29, 0.717) is 5.56 Å². The molecule has 0 aliphatic heterocycles. The van der Waals surface area contributed by atoms with Gasteiger partial charge in [0.1, 0.15) is 0 Å². The summed E-state index contributed by atoms with van der Waals surface area (Å²) in [4.78, 5) is 25.1. The van der Waals surface area contributed by atoms with Gasteiger partial charge in [-0.05, 0) is 49.2 Å². The zero-order valence-electron chi connectivity index (χ0n) is 16.7. The number of hydrogen-bond donors (Lipinski definition) is 0. The third-order valence-electron chi connectivity index (χ3n) is 4.66. The third-order valence-corrected chi connectivity index (χ3v) is 6.03. The SMILES string of the molecule is CCOC(=O)[C@](C[N+](=O)[O-])(Sc1ccc2ccccc2c1)c1cc(C)cc(C)c1. The van der Waals surface area contributed by atoms with Crippen molar-refractivity contribution in [2.45, 2.75) is 30.4 Å². The number of esters is 1. The molecule has 0 radical (unpaired) electrons. The van der Waals surface area contributed by atoms with Crippen molar-refractivity contribution in [1.82, 2.24) is 0 Å². The first-order chi connectivity index (χ1) is 13.8. The standard InChI is InChI=1S/C23H23NO4S/c1-4-28-22(25)23(15-24(26)27,20-12-16(2)11-17(3)13-20)29-21-10-9-18-7-5-6-8-19(18)14-21/h5-14H,4,15H2,1-3H3/t23-/m1/s1. The molecule has 0 heterocycles. The van der Waals surface area contributed by atoms with Crippen molar-refractivity contribution in [3.05, 3.63) is 87.5 Å². The molecule has 150 valence electrons. The molecule has 1 atom stereocenters. The Labute approximate surface area is 174 Å². The summed E-state index contributed by atoms with van der Waals surface area (Å²) in [6, 6.07) is 19.3. The average Bonchev–Trinajstić information content (AvgIpc) is 2.66. The Morgan fingerprint density at radius 1 is 1.03 bits per heavy atom. The van der Waals surface area contributed by atoms with Gasteiger partial charge in [-0.3, -0.25) is 10.1 Å². The molecule has 3 rings (SSSR count). The van der Waals surface area contributed by atoms with Crippen LogP contribution in [-0.4, -0.2) is 24.0 Å². The highest BCUT2D eigenvalue weighted by Gasteiger charge is 2.48. The van der Waals surface area contributed by atoms with E-state index in [1.54, 1.807) is 6.92 Å². The fourth-order valence-corrected chi connectivity index (χ4v) is 4.75. The summed E-state index contributed by atoms with van der Waals surface area (Å²) in [5, 5.41) is 13.7. The highest BCUT2D eigenvalue weighted by atomic mass is 32.2. The normalized spacial score (nSPS) is 13.1. The summed E-state index contributed by atoms with van der Waals surface area (Å²) in [6.45, 7) is 5.13. The Hall–Kier alpha value is -2.86. The zero-order chi connectivity index (χ0) is 21.0. The second kappa shape index (κ2) is 8.66. The van der Waals surface area contributed by atoms with E-state index in [1.807, 2.05) is 74.5 Å². The summed E-state index contributed by atoms with van der Waals surface area (Å²) in [7, 11) is 0. The number of benzene rings is 3. The van der Waals surface area contributed by atoms with E-state index in [4.69, 9.17) is 4.74 Å². The largest absolute Gasteiger partial charge is 0.464 e. The van der Waals surface area contributed by atoms with Crippen molar-refractivity contribution < 1.29 is 14.5 Å². The van der Waals surface area contributed by atoms with E-state index in [9.17, 15) is 14.9 Å². The van der Waals surface area contributed by atoms with Crippen molar-refractivity contribution >= 4 is 28.5 Å². The summed E-state index contributed by atoms with van der Waals surface area (Å²) < 4.78 is 3.86. The first kappa shape index (κ1) is 20.9. The molecule has 3 aromatic carbocycles. The molecule has 0 aliphatic carbocycles. The molecule has 0 aliphatic rings. The summed E-state index contributed by atoms with van der Waals surface area (Å²) in [5.74, 6) is -0.597. The molecule has 0 saturated heterocycles. The molecular formula is C23H23NO4S. The minimum Gasteiger partial charge on any atom is -0.464 e. The lowest BCUT2D eigenvalue weighted by Gasteiger charge is -2.28. The Kier molecular flexibility index (Phi) is 6.23. The highest BCUT2D eigenvalue weighted by Crippen LogP contribution is 2.44. The van der Waals surface area contributed by atoms with Crippen molar-refractivity contribution in [3.63, 3.8) is 0 Å². The van der Waals surface area contributed by atoms with Crippen LogP contribution < -0.4 is 0 Å². The van der Waals surface area contributed by atoms with Crippen molar-refractivity contribution in [3.8, 4) is 0 Å². The van der Waals surface area contributed by atoms with Gasteiger partial charge >= 0.3 is 5.97 Å². The minimum absolute atomic E-state index is 0.154. The van der Waals surface area contributed by atoms with Gasteiger partial charge in [-0.15, -0.1) is 0 Å². The van der Waals surface area contributed by atoms with Crippen LogP contribution in [0, 0.1) is 24.0 Å². The van der Waals surface area contributed by atoms with Gasteiger partial charge in [-0.1, -0.05) is 71.4 Å². The topological polar surface area (TPSA) is 69.4 Å². The maximum Gasteiger partial charge on any atom is 0.334 e. The molecule has 0 unspecified atom stereocenters. The smallest absolute Gasteiger partial charge is 0.334 e. The first-order valence-electron chi connectivity index (χ1n) is 9.39. The number of aryl methyl sites for hydroxylation is 2. The molecule has 0 spiro atoms. The van der Waals surface area contributed by atoms with Crippen LogP contribution in [0.25, 0.3) is 10.8 Å². The number of carbonyl (C=O) groups is 1. The van der Waals surface area contributed by atoms with Gasteiger partial charge in [0.25, 0.3) is 0 Å². The second-order valence-corrected chi connectivity index (χ2v) is 8.40. The average molecular weight is 410 g/mol. The van der Waals surface area contributed by atoms with E-state index in [0.717, 1.165) is 26.8 Å². The fourth-order valence-electron chi connectivity index (χ4n) is 3.48. The van der Waals surface area contributed by atoms with Crippen LogP contribution in [0.3, 0.4) is 0 Å². The van der Waals surface area contributed by atoms with Gasteiger partial charge in [0.15, 0.2) is 0 Å². The fraction of sp³-hybridized carbons (Fsp3) is 0.261. The van der Waals surface area contributed by atoms with Crippen molar-refractivity contribution in [2.75, 3.05) is 13.2 Å². The molecule has 29 heavy (non-hydrogen) atoms. The number of ether oxygens (including phenoxy) is 1. The first-order valence-corrected chi connectivity index (χ1v) is 10.2. The molecule has 0 fully saturated rings. The Bertz CT molecular complexity index is 1050. The Morgan fingerprint density at radius 2 is 1.69 bits per heavy atom. The van der Waals surface area contributed by atoms with Crippen LogP contribution in [0.2, 0.25) is 0 Å². The highest BCUT2D eigenvalue weighted by molar-refractivity contribution is 8.01. The number of nitrogens with zero attached hydrogens (tertiary/aromatic N) is 1. The number of fused-ring (bicyclic) bond motifs is 1. The van der Waals surface area contributed by atoms with Crippen molar-refractivity contribution in [2.24, 2.45) is 0 Å². The number of nitro groups is 1. The van der Waals surface area contributed by atoms with Crippen LogP contribution in [-0.2, 0) is 14.3 Å². The number of hydrogen-bond acceptors (Lipinski definition) is 5. The van der Waals surface area contributed by atoms with Gasteiger partial charge in [0.05, 0.1) is 6.61 Å². The lowest BCUT2D eigenvalue weighted by atomic mass is 9.94. The number of thioether (sulfide) groups is 1. The van der Waals surface area contributed by atoms with E-state index in [1.165, 1.54) is 11.8 Å². The van der Waals surface area contributed by atoms with E-state index >= 15 is 0 Å². The van der Waals surface area contributed by atoms with Gasteiger partial charge in [0, 0.05) is 9.82 Å². The maximum atomic E-state index is 13.1. The molecule has 3 aromatic rings. The van der Waals surface area contributed by atoms with Crippen molar-refractivity contribution in [1.29, 1.82) is 0 Å². The Balaban J connectivity index is 2.17. The molecule has 0 saturated carbocycles. The van der Waals surface area contributed by atoms with E-state index < -0.39 is 22.2 Å². The quantitative estimate of drug-likeness (QED) is 0.230. The zero-order valence-corrected chi connectivity index (χ0v) is 17.5. The molecule has 5 nitrogen and oxygen atoms in total. The summed E-state index contributed by atoms with van der Waals surface area (Å²) >= 11 is 1.18. The predicted octanol–water partition coefficient (Wildman–Crippen LogP) is 5.28. The summed E-state index contributed by atoms with van der Waals surface area (Å²) in [5.41, 5.74) is 2.47. The predicted molar refractivity (Wildman–Crippen MR) is 116 cm³/mol. The van der Waals surface area contributed by atoms with E-state index in [-0.39, 0.29) is 6.61 Å². The Morgan fingerprint density at radius 3 is 2.31 bits per heavy atom. The minimum atomic E-state index is -1.47. The molecule has 0 amide bonds. The van der Waals surface area contributed by atoms with Crippen LogP contribution in [0.4, 0.5) is 0 Å². The number of rotatable bonds is 7. The van der Waals surface area contributed by atoms with Gasteiger partial charge in [0.2, 0.25) is 11.3 Å². The van der Waals surface area contributed by atoms with E-state index in [2.05, 4.69) is 0 Å².